The maximum atomic E-state index is 11.7. The number of ether oxygens (including phenoxy) is 2. The molecule has 1 saturated heterocycles. The summed E-state index contributed by atoms with van der Waals surface area (Å²) in [7, 11) is -4.85. The summed E-state index contributed by atoms with van der Waals surface area (Å²) in [5.41, 5.74) is 0.265. The van der Waals surface area contributed by atoms with Gasteiger partial charge in [-0.1, -0.05) is 18.8 Å². The number of fused-ring (bicyclic) bond motifs is 1. The Balaban J connectivity index is 1.62. The summed E-state index contributed by atoms with van der Waals surface area (Å²) in [6.45, 7) is -0.839. The fraction of sp³-hybridized carbons (Fsp3) is 0.667. The molecule has 0 bridgehead atoms. The smallest absolute Gasteiger partial charge is 0.359 e. The van der Waals surface area contributed by atoms with Crippen molar-refractivity contribution < 1.29 is 44.3 Å². The van der Waals surface area contributed by atoms with Crippen molar-refractivity contribution in [1.82, 2.24) is 19.7 Å². The molecule has 4 rings (SSSR count). The van der Waals surface area contributed by atoms with E-state index in [0.717, 1.165) is 32.6 Å². The van der Waals surface area contributed by atoms with E-state index < -0.39 is 50.7 Å². The maximum Gasteiger partial charge on any atom is 0.359 e. The second kappa shape index (κ2) is 10.7. The minimum Gasteiger partial charge on any atom is -0.393 e. The first kappa shape index (κ1) is 26.9. The highest BCUT2D eigenvalue weighted by molar-refractivity contribution is 7.53. The van der Waals surface area contributed by atoms with E-state index in [2.05, 4.69) is 32.2 Å². The van der Waals surface area contributed by atoms with Crippen LogP contribution in [-0.4, -0.2) is 99.5 Å². The minimum atomic E-state index is -4.85. The van der Waals surface area contributed by atoms with E-state index in [1.54, 1.807) is 0 Å². The molecule has 36 heavy (non-hydrogen) atoms. The fourth-order valence-electron chi connectivity index (χ4n) is 4.21. The quantitative estimate of drug-likeness (QED) is 0.163. The summed E-state index contributed by atoms with van der Waals surface area (Å²) in [5, 5.41) is 45.7. The molecule has 1 saturated carbocycles. The Morgan fingerprint density at radius 2 is 1.97 bits per heavy atom. The first-order valence-electron chi connectivity index (χ1n) is 11.5. The molecule has 0 unspecified atom stereocenters. The molecule has 1 aliphatic carbocycles. The van der Waals surface area contributed by atoms with E-state index in [0.29, 0.717) is 11.2 Å². The lowest BCUT2D eigenvalue weighted by Crippen LogP contribution is -2.39. The summed E-state index contributed by atoms with van der Waals surface area (Å²) in [6, 6.07) is 0.219. The second-order valence-corrected chi connectivity index (χ2v) is 11.1. The van der Waals surface area contributed by atoms with Crippen LogP contribution in [-0.2, 0) is 14.0 Å². The SMILES string of the molecule is C[C@@](CO)(OC[C@H]1O[C@@H](n2ncc3c(NC4CCCC4)nc(C#CCO)nc32)[C@H](O)[C@@H]1O)P(=O)(O)O. The largest absolute Gasteiger partial charge is 0.393 e. The molecule has 15 heteroatoms. The lowest BCUT2D eigenvalue weighted by atomic mass is 10.1. The van der Waals surface area contributed by atoms with Crippen LogP contribution in [0.15, 0.2) is 6.20 Å². The number of anilines is 1. The fourth-order valence-corrected chi connectivity index (χ4v) is 4.64. The Hall–Kier alpha value is -2.18. The van der Waals surface area contributed by atoms with Crippen molar-refractivity contribution in [2.24, 2.45) is 0 Å². The number of aliphatic hydroxyl groups is 4. The predicted molar refractivity (Wildman–Crippen MR) is 125 cm³/mol. The second-order valence-electron chi connectivity index (χ2n) is 9.04. The Bertz CT molecular complexity index is 1190. The number of nitrogens with zero attached hydrogens (tertiary/aromatic N) is 4. The molecule has 0 amide bonds. The molecule has 7 N–H and O–H groups in total. The van der Waals surface area contributed by atoms with Crippen LogP contribution in [0.4, 0.5) is 5.82 Å². The zero-order chi connectivity index (χ0) is 26.1. The number of aliphatic hydroxyl groups excluding tert-OH is 4. The molecule has 0 radical (unpaired) electrons. The van der Waals surface area contributed by atoms with Gasteiger partial charge in [-0.3, -0.25) is 4.57 Å². The lowest BCUT2D eigenvalue weighted by molar-refractivity contribution is -0.104. The molecule has 0 spiro atoms. The molecule has 2 aromatic rings. The van der Waals surface area contributed by atoms with Gasteiger partial charge in [0.25, 0.3) is 0 Å². The summed E-state index contributed by atoms with van der Waals surface area (Å²) < 4.78 is 24.0. The molecule has 5 atom stereocenters. The van der Waals surface area contributed by atoms with Crippen LogP contribution in [0, 0.1) is 11.8 Å². The highest BCUT2D eigenvalue weighted by Gasteiger charge is 2.48. The van der Waals surface area contributed by atoms with Gasteiger partial charge in [0.15, 0.2) is 17.2 Å². The molecule has 2 aromatic heterocycles. The molecule has 198 valence electrons. The van der Waals surface area contributed by atoms with Crippen LogP contribution >= 0.6 is 7.60 Å². The molecule has 3 heterocycles. The average Bonchev–Trinajstić information content (AvgIpc) is 3.56. The number of hydrogen-bond donors (Lipinski definition) is 7. The van der Waals surface area contributed by atoms with E-state index in [4.69, 9.17) is 14.6 Å². The standard InChI is InChI=1S/C21H30N5O9P/c1-21(11-28,36(31,32)33)34-10-14-16(29)17(30)20(35-14)26-19-13(9-22-26)18(23-12-5-2-3-6-12)24-15(25-19)7-4-8-27/h9,12,14,16-17,20,27-30H,2-3,5-6,8,10-11H2,1H3,(H,23,24,25)(H2,31,32,33)/t14-,16-,17-,20-,21-/m1/s1. The van der Waals surface area contributed by atoms with Gasteiger partial charge in [0.2, 0.25) is 5.82 Å². The van der Waals surface area contributed by atoms with Crippen molar-refractivity contribution in [3.05, 3.63) is 12.0 Å². The highest BCUT2D eigenvalue weighted by atomic mass is 31.2. The van der Waals surface area contributed by atoms with Gasteiger partial charge in [-0.05, 0) is 25.7 Å². The van der Waals surface area contributed by atoms with E-state index in [9.17, 15) is 29.7 Å². The summed E-state index contributed by atoms with van der Waals surface area (Å²) >= 11 is 0. The van der Waals surface area contributed by atoms with Crippen molar-refractivity contribution in [2.45, 2.75) is 68.5 Å². The molecule has 0 aromatic carbocycles. The molecular formula is C21H30N5O9P. The number of hydrogen-bond acceptors (Lipinski definition) is 11. The number of rotatable bonds is 8. The van der Waals surface area contributed by atoms with E-state index in [1.165, 1.54) is 10.9 Å². The van der Waals surface area contributed by atoms with E-state index in [1.807, 2.05) is 0 Å². The van der Waals surface area contributed by atoms with Crippen LogP contribution in [0.2, 0.25) is 0 Å². The molecule has 1 aliphatic heterocycles. The molecule has 2 aliphatic rings. The maximum absolute atomic E-state index is 11.7. The molecular weight excluding hydrogens is 497 g/mol. The summed E-state index contributed by atoms with van der Waals surface area (Å²) in [4.78, 5) is 27.8. The van der Waals surface area contributed by atoms with Crippen LogP contribution in [0.1, 0.15) is 44.7 Å². The van der Waals surface area contributed by atoms with Gasteiger partial charge < -0.3 is 45.0 Å². The summed E-state index contributed by atoms with van der Waals surface area (Å²) in [5.74, 6) is 5.79. The van der Waals surface area contributed by atoms with Crippen LogP contribution in [0.5, 0.6) is 0 Å². The van der Waals surface area contributed by atoms with Gasteiger partial charge in [-0.15, -0.1) is 0 Å². The third-order valence-electron chi connectivity index (χ3n) is 6.48. The van der Waals surface area contributed by atoms with Crippen LogP contribution in [0.25, 0.3) is 11.0 Å². The lowest BCUT2D eigenvalue weighted by Gasteiger charge is -2.29. The van der Waals surface area contributed by atoms with Crippen molar-refractivity contribution in [1.29, 1.82) is 0 Å². The molecule has 14 nitrogen and oxygen atoms in total. The van der Waals surface area contributed by atoms with Gasteiger partial charge in [-0.2, -0.15) is 5.10 Å². The Labute approximate surface area is 206 Å². The van der Waals surface area contributed by atoms with Gasteiger partial charge in [0.05, 0.1) is 24.8 Å². The normalized spacial score (nSPS) is 26.6. The van der Waals surface area contributed by atoms with Crippen molar-refractivity contribution in [2.75, 3.05) is 25.1 Å². The summed E-state index contributed by atoms with van der Waals surface area (Å²) in [6.07, 6.45) is 0.299. The first-order valence-corrected chi connectivity index (χ1v) is 13.1. The van der Waals surface area contributed by atoms with Crippen molar-refractivity contribution >= 4 is 24.4 Å². The van der Waals surface area contributed by atoms with Gasteiger partial charge >= 0.3 is 7.60 Å². The Kier molecular flexibility index (Phi) is 7.96. The van der Waals surface area contributed by atoms with Gasteiger partial charge in [-0.25, -0.2) is 14.6 Å². The molecule has 2 fully saturated rings. The topological polar surface area (TPSA) is 213 Å². The van der Waals surface area contributed by atoms with E-state index >= 15 is 0 Å². The zero-order valence-corrected chi connectivity index (χ0v) is 20.5. The van der Waals surface area contributed by atoms with Crippen molar-refractivity contribution in [3.63, 3.8) is 0 Å². The number of nitrogens with one attached hydrogen (secondary N) is 1. The highest BCUT2D eigenvalue weighted by Crippen LogP contribution is 2.51. The predicted octanol–water partition coefficient (Wildman–Crippen LogP) is -0.953. The minimum absolute atomic E-state index is 0.118. The van der Waals surface area contributed by atoms with Crippen molar-refractivity contribution in [3.8, 4) is 11.8 Å². The monoisotopic (exact) mass is 527 g/mol. The van der Waals surface area contributed by atoms with Gasteiger partial charge in [0, 0.05) is 6.04 Å². The van der Waals surface area contributed by atoms with Crippen LogP contribution < -0.4 is 5.32 Å². The average molecular weight is 527 g/mol. The third kappa shape index (κ3) is 5.26. The number of aromatic nitrogens is 4. The van der Waals surface area contributed by atoms with E-state index in [-0.39, 0.29) is 24.1 Å². The van der Waals surface area contributed by atoms with Crippen LogP contribution in [0.3, 0.4) is 0 Å². The first-order chi connectivity index (χ1) is 17.1. The van der Waals surface area contributed by atoms with Gasteiger partial charge in [0.1, 0.15) is 30.7 Å². The zero-order valence-electron chi connectivity index (χ0n) is 19.6. The Morgan fingerprint density at radius 3 is 2.61 bits per heavy atom. The third-order valence-corrected chi connectivity index (χ3v) is 7.98. The Morgan fingerprint density at radius 1 is 1.25 bits per heavy atom.